The standard InChI is InChI=1S/C17H20N4O2/c1-13-2-4-14(5-3-13)20-17(22)21-10-6-15(7-11-21)23-16-12-18-8-9-19-16/h2-5,8-9,12,15H,6-7,10-11H2,1H3,(H,20,22). The van der Waals surface area contributed by atoms with E-state index in [9.17, 15) is 4.79 Å². The Hall–Kier alpha value is -2.63. The van der Waals surface area contributed by atoms with Gasteiger partial charge in [-0.2, -0.15) is 0 Å². The van der Waals surface area contributed by atoms with Crippen LogP contribution in [0.2, 0.25) is 0 Å². The number of hydrogen-bond donors (Lipinski definition) is 1. The molecule has 6 heteroatoms. The maximum atomic E-state index is 12.3. The second-order valence-electron chi connectivity index (χ2n) is 5.64. The van der Waals surface area contributed by atoms with Crippen LogP contribution in [0.5, 0.6) is 5.88 Å². The molecular formula is C17H20N4O2. The minimum absolute atomic E-state index is 0.0631. The monoisotopic (exact) mass is 312 g/mol. The molecule has 23 heavy (non-hydrogen) atoms. The number of rotatable bonds is 3. The normalized spacial score (nSPS) is 15.3. The topological polar surface area (TPSA) is 67.4 Å². The summed E-state index contributed by atoms with van der Waals surface area (Å²) in [7, 11) is 0. The number of anilines is 1. The number of likely N-dealkylation sites (tertiary alicyclic amines) is 1. The Morgan fingerprint density at radius 2 is 1.96 bits per heavy atom. The summed E-state index contributed by atoms with van der Waals surface area (Å²) in [4.78, 5) is 22.2. The average molecular weight is 312 g/mol. The summed E-state index contributed by atoms with van der Waals surface area (Å²) >= 11 is 0. The van der Waals surface area contributed by atoms with Crippen LogP contribution in [0, 0.1) is 6.92 Å². The van der Waals surface area contributed by atoms with Crippen LogP contribution in [-0.2, 0) is 0 Å². The third-order valence-corrected chi connectivity index (χ3v) is 3.86. The fraction of sp³-hybridized carbons (Fsp3) is 0.353. The molecule has 1 N–H and O–H groups in total. The second-order valence-corrected chi connectivity index (χ2v) is 5.64. The lowest BCUT2D eigenvalue weighted by molar-refractivity contribution is 0.111. The van der Waals surface area contributed by atoms with E-state index in [1.165, 1.54) is 5.56 Å². The summed E-state index contributed by atoms with van der Waals surface area (Å²) < 4.78 is 5.78. The van der Waals surface area contributed by atoms with Gasteiger partial charge in [0.15, 0.2) is 0 Å². The van der Waals surface area contributed by atoms with E-state index in [0.717, 1.165) is 18.5 Å². The molecule has 0 unspecified atom stereocenters. The van der Waals surface area contributed by atoms with Gasteiger partial charge in [-0.15, -0.1) is 0 Å². The van der Waals surface area contributed by atoms with Crippen LogP contribution in [-0.4, -0.2) is 40.1 Å². The molecule has 6 nitrogen and oxygen atoms in total. The van der Waals surface area contributed by atoms with Crippen LogP contribution >= 0.6 is 0 Å². The third kappa shape index (κ3) is 4.18. The van der Waals surface area contributed by atoms with Crippen LogP contribution in [0.4, 0.5) is 10.5 Å². The molecule has 2 aromatic rings. The Labute approximate surface area is 135 Å². The van der Waals surface area contributed by atoms with Gasteiger partial charge in [0.2, 0.25) is 5.88 Å². The Balaban J connectivity index is 1.48. The first-order valence-electron chi connectivity index (χ1n) is 7.76. The zero-order chi connectivity index (χ0) is 16.1. The number of carbonyl (C=O) groups is 1. The fourth-order valence-electron chi connectivity index (χ4n) is 2.53. The summed E-state index contributed by atoms with van der Waals surface area (Å²) in [5.74, 6) is 0.537. The average Bonchev–Trinajstić information content (AvgIpc) is 2.58. The lowest BCUT2D eigenvalue weighted by Gasteiger charge is -2.31. The quantitative estimate of drug-likeness (QED) is 0.946. The molecule has 0 saturated carbocycles. The number of piperidine rings is 1. The number of aryl methyl sites for hydroxylation is 1. The van der Waals surface area contributed by atoms with Crippen molar-refractivity contribution in [3.05, 3.63) is 48.4 Å². The van der Waals surface area contributed by atoms with Gasteiger partial charge < -0.3 is 15.0 Å². The predicted molar refractivity (Wildman–Crippen MR) is 87.5 cm³/mol. The molecule has 1 aliphatic heterocycles. The van der Waals surface area contributed by atoms with Gasteiger partial charge in [0, 0.05) is 44.0 Å². The van der Waals surface area contributed by atoms with Crippen LogP contribution in [0.1, 0.15) is 18.4 Å². The first-order chi connectivity index (χ1) is 11.2. The minimum atomic E-state index is -0.0631. The number of ether oxygens (including phenoxy) is 1. The van der Waals surface area contributed by atoms with Crippen molar-refractivity contribution in [2.45, 2.75) is 25.9 Å². The molecule has 2 amide bonds. The number of benzene rings is 1. The molecule has 0 spiro atoms. The minimum Gasteiger partial charge on any atom is -0.473 e. The second kappa shape index (κ2) is 7.09. The summed E-state index contributed by atoms with van der Waals surface area (Å²) in [6, 6.07) is 7.73. The van der Waals surface area contributed by atoms with Crippen molar-refractivity contribution in [1.82, 2.24) is 14.9 Å². The fourth-order valence-corrected chi connectivity index (χ4v) is 2.53. The number of amides is 2. The van der Waals surface area contributed by atoms with Crippen LogP contribution < -0.4 is 10.1 Å². The van der Waals surface area contributed by atoms with Gasteiger partial charge >= 0.3 is 6.03 Å². The molecule has 2 heterocycles. The molecule has 3 rings (SSSR count). The summed E-state index contributed by atoms with van der Waals surface area (Å²) in [6.45, 7) is 3.36. The zero-order valence-corrected chi connectivity index (χ0v) is 13.1. The van der Waals surface area contributed by atoms with E-state index in [0.29, 0.717) is 19.0 Å². The highest BCUT2D eigenvalue weighted by Gasteiger charge is 2.24. The van der Waals surface area contributed by atoms with E-state index in [4.69, 9.17) is 4.74 Å². The van der Waals surface area contributed by atoms with Crippen molar-refractivity contribution >= 4 is 11.7 Å². The van der Waals surface area contributed by atoms with E-state index in [-0.39, 0.29) is 12.1 Å². The maximum Gasteiger partial charge on any atom is 0.321 e. The van der Waals surface area contributed by atoms with Crippen molar-refractivity contribution in [1.29, 1.82) is 0 Å². The van der Waals surface area contributed by atoms with Crippen LogP contribution in [0.25, 0.3) is 0 Å². The number of hydrogen-bond acceptors (Lipinski definition) is 4. The molecule has 120 valence electrons. The lowest BCUT2D eigenvalue weighted by atomic mass is 10.1. The highest BCUT2D eigenvalue weighted by Crippen LogP contribution is 2.17. The summed E-state index contributed by atoms with van der Waals surface area (Å²) in [5.41, 5.74) is 1.99. The number of carbonyl (C=O) groups excluding carboxylic acids is 1. The van der Waals surface area contributed by atoms with Crippen molar-refractivity contribution in [3.8, 4) is 5.88 Å². The van der Waals surface area contributed by atoms with Gasteiger partial charge in [0.25, 0.3) is 0 Å². The number of nitrogens with zero attached hydrogens (tertiary/aromatic N) is 3. The van der Waals surface area contributed by atoms with Gasteiger partial charge in [0.05, 0.1) is 6.20 Å². The zero-order valence-electron chi connectivity index (χ0n) is 13.1. The van der Waals surface area contributed by atoms with Gasteiger partial charge in [-0.3, -0.25) is 4.98 Å². The van der Waals surface area contributed by atoms with Gasteiger partial charge in [0.1, 0.15) is 6.10 Å². The molecular weight excluding hydrogens is 292 g/mol. The third-order valence-electron chi connectivity index (χ3n) is 3.86. The molecule has 0 atom stereocenters. The van der Waals surface area contributed by atoms with Crippen molar-refractivity contribution in [3.63, 3.8) is 0 Å². The van der Waals surface area contributed by atoms with E-state index < -0.39 is 0 Å². The molecule has 0 radical (unpaired) electrons. The smallest absolute Gasteiger partial charge is 0.321 e. The van der Waals surface area contributed by atoms with Crippen molar-refractivity contribution < 1.29 is 9.53 Å². The number of nitrogens with one attached hydrogen (secondary N) is 1. The molecule has 0 bridgehead atoms. The van der Waals surface area contributed by atoms with Gasteiger partial charge in [-0.1, -0.05) is 17.7 Å². The first kappa shape index (κ1) is 15.3. The Kier molecular flexibility index (Phi) is 4.71. The molecule has 0 aliphatic carbocycles. The van der Waals surface area contributed by atoms with Crippen molar-refractivity contribution in [2.24, 2.45) is 0 Å². The highest BCUT2D eigenvalue weighted by molar-refractivity contribution is 5.89. The summed E-state index contributed by atoms with van der Waals surface area (Å²) in [6.07, 6.45) is 6.49. The Bertz CT molecular complexity index is 637. The molecule has 1 aliphatic rings. The van der Waals surface area contributed by atoms with E-state index in [1.807, 2.05) is 36.1 Å². The van der Waals surface area contributed by atoms with Crippen LogP contribution in [0.3, 0.4) is 0 Å². The maximum absolute atomic E-state index is 12.3. The van der Waals surface area contributed by atoms with E-state index >= 15 is 0 Å². The van der Waals surface area contributed by atoms with E-state index in [1.54, 1.807) is 18.6 Å². The SMILES string of the molecule is Cc1ccc(NC(=O)N2CCC(Oc3cnccn3)CC2)cc1. The molecule has 1 aromatic carbocycles. The molecule has 1 fully saturated rings. The van der Waals surface area contributed by atoms with Gasteiger partial charge in [-0.05, 0) is 19.1 Å². The number of urea groups is 1. The lowest BCUT2D eigenvalue weighted by Crippen LogP contribution is -2.43. The molecule has 1 saturated heterocycles. The molecule has 1 aromatic heterocycles. The predicted octanol–water partition coefficient (Wildman–Crippen LogP) is 2.86. The van der Waals surface area contributed by atoms with Gasteiger partial charge in [-0.25, -0.2) is 9.78 Å². The number of aromatic nitrogens is 2. The first-order valence-corrected chi connectivity index (χ1v) is 7.76. The Morgan fingerprint density at radius 3 is 2.61 bits per heavy atom. The Morgan fingerprint density at radius 1 is 1.22 bits per heavy atom. The van der Waals surface area contributed by atoms with Crippen LogP contribution in [0.15, 0.2) is 42.9 Å². The van der Waals surface area contributed by atoms with Crippen molar-refractivity contribution in [2.75, 3.05) is 18.4 Å². The van der Waals surface area contributed by atoms with E-state index in [2.05, 4.69) is 15.3 Å². The largest absolute Gasteiger partial charge is 0.473 e. The summed E-state index contributed by atoms with van der Waals surface area (Å²) in [5, 5.41) is 2.93. The highest BCUT2D eigenvalue weighted by atomic mass is 16.5.